The lowest BCUT2D eigenvalue weighted by atomic mass is 10.1. The second-order valence-corrected chi connectivity index (χ2v) is 5.78. The minimum Gasteiger partial charge on any atom is -0.481 e. The van der Waals surface area contributed by atoms with Crippen LogP contribution >= 0.6 is 11.8 Å². The standard InChI is InChI=1S/C13H13N3O5S/c1-7-3-4-8(16(20)21)5-9(7)15-12(19)10(6-11(17)18)22-13(15)14-2/h3-5,10H,6H2,1-2H3,(H,17,18). The molecule has 0 spiro atoms. The third-order valence-corrected chi connectivity index (χ3v) is 4.36. The molecule has 22 heavy (non-hydrogen) atoms. The van der Waals surface area contributed by atoms with Crippen LogP contribution < -0.4 is 4.90 Å². The van der Waals surface area contributed by atoms with E-state index in [2.05, 4.69) is 4.99 Å². The number of hydrogen-bond donors (Lipinski definition) is 1. The van der Waals surface area contributed by atoms with Gasteiger partial charge in [-0.3, -0.25) is 29.6 Å². The van der Waals surface area contributed by atoms with Gasteiger partial charge in [-0.25, -0.2) is 0 Å². The number of aryl methyl sites for hydroxylation is 1. The molecule has 0 saturated carbocycles. The molecule has 0 aliphatic carbocycles. The second kappa shape index (κ2) is 6.14. The van der Waals surface area contributed by atoms with E-state index in [1.165, 1.54) is 24.1 Å². The maximum atomic E-state index is 12.4. The highest BCUT2D eigenvalue weighted by molar-refractivity contribution is 8.16. The van der Waals surface area contributed by atoms with Crippen LogP contribution in [-0.2, 0) is 9.59 Å². The molecule has 1 aliphatic heterocycles. The SMILES string of the molecule is CN=C1SC(CC(=O)O)C(=O)N1c1cc([N+](=O)[O-])ccc1C. The molecular formula is C13H13N3O5S. The molecule has 2 rings (SSSR count). The molecule has 1 saturated heterocycles. The fourth-order valence-electron chi connectivity index (χ4n) is 2.08. The maximum absolute atomic E-state index is 12.4. The summed E-state index contributed by atoms with van der Waals surface area (Å²) in [5, 5.41) is 19.3. The molecule has 1 aromatic carbocycles. The number of benzene rings is 1. The zero-order valence-corrected chi connectivity index (χ0v) is 12.7. The molecule has 9 heteroatoms. The molecule has 0 bridgehead atoms. The van der Waals surface area contributed by atoms with Gasteiger partial charge < -0.3 is 5.11 Å². The zero-order chi connectivity index (χ0) is 16.4. The second-order valence-electron chi connectivity index (χ2n) is 4.61. The van der Waals surface area contributed by atoms with E-state index < -0.39 is 22.0 Å². The normalized spacial score (nSPS) is 19.7. The van der Waals surface area contributed by atoms with Gasteiger partial charge in [0.25, 0.3) is 5.69 Å². The minimum atomic E-state index is -1.08. The summed E-state index contributed by atoms with van der Waals surface area (Å²) in [7, 11) is 1.48. The number of hydrogen-bond acceptors (Lipinski definition) is 6. The molecule has 1 fully saturated rings. The number of nitro groups is 1. The summed E-state index contributed by atoms with van der Waals surface area (Å²) in [4.78, 5) is 38.9. The number of carbonyl (C=O) groups is 2. The Hall–Kier alpha value is -2.42. The van der Waals surface area contributed by atoms with E-state index in [-0.39, 0.29) is 12.1 Å². The van der Waals surface area contributed by atoms with Crippen molar-refractivity contribution in [3.05, 3.63) is 33.9 Å². The van der Waals surface area contributed by atoms with Gasteiger partial charge in [0.05, 0.1) is 17.0 Å². The van der Waals surface area contributed by atoms with Gasteiger partial charge in [0.15, 0.2) is 5.17 Å². The number of carboxylic acids is 1. The van der Waals surface area contributed by atoms with Gasteiger partial charge >= 0.3 is 5.97 Å². The number of anilines is 1. The van der Waals surface area contributed by atoms with Crippen LogP contribution in [0.25, 0.3) is 0 Å². The number of thioether (sulfide) groups is 1. The highest BCUT2D eigenvalue weighted by atomic mass is 32.2. The third kappa shape index (κ3) is 2.93. The lowest BCUT2D eigenvalue weighted by Crippen LogP contribution is -2.33. The van der Waals surface area contributed by atoms with Crippen molar-refractivity contribution in [1.29, 1.82) is 0 Å². The van der Waals surface area contributed by atoms with Crippen molar-refractivity contribution in [3.63, 3.8) is 0 Å². The Labute approximate surface area is 130 Å². The average molecular weight is 323 g/mol. The molecule has 1 amide bonds. The Balaban J connectivity index is 2.46. The summed E-state index contributed by atoms with van der Waals surface area (Å²) in [6, 6.07) is 4.19. The zero-order valence-electron chi connectivity index (χ0n) is 11.8. The van der Waals surface area contributed by atoms with Gasteiger partial charge in [-0.05, 0) is 12.5 Å². The molecule has 116 valence electrons. The summed E-state index contributed by atoms with van der Waals surface area (Å²) in [5.74, 6) is -1.52. The number of amidine groups is 1. The predicted octanol–water partition coefficient (Wildman–Crippen LogP) is 1.81. The maximum Gasteiger partial charge on any atom is 0.305 e. The lowest BCUT2D eigenvalue weighted by molar-refractivity contribution is -0.384. The quantitative estimate of drug-likeness (QED) is 0.668. The van der Waals surface area contributed by atoms with Crippen molar-refractivity contribution in [2.45, 2.75) is 18.6 Å². The van der Waals surface area contributed by atoms with Crippen molar-refractivity contribution in [1.82, 2.24) is 0 Å². The van der Waals surface area contributed by atoms with Crippen LogP contribution in [0.4, 0.5) is 11.4 Å². The van der Waals surface area contributed by atoms with Crippen LogP contribution in [0.3, 0.4) is 0 Å². The Kier molecular flexibility index (Phi) is 4.45. The fraction of sp³-hybridized carbons (Fsp3) is 0.308. The number of amides is 1. The van der Waals surface area contributed by atoms with E-state index in [1.54, 1.807) is 13.0 Å². The number of carbonyl (C=O) groups excluding carboxylic acids is 1. The van der Waals surface area contributed by atoms with Crippen molar-refractivity contribution in [2.75, 3.05) is 11.9 Å². The first-order chi connectivity index (χ1) is 10.3. The Morgan fingerprint density at radius 1 is 1.55 bits per heavy atom. The largest absolute Gasteiger partial charge is 0.481 e. The van der Waals surface area contributed by atoms with Crippen molar-refractivity contribution in [2.24, 2.45) is 4.99 Å². The average Bonchev–Trinajstić information content (AvgIpc) is 2.75. The summed E-state index contributed by atoms with van der Waals surface area (Å²) >= 11 is 1.05. The molecule has 1 atom stereocenters. The molecule has 0 radical (unpaired) electrons. The minimum absolute atomic E-state index is 0.143. The Bertz CT molecular complexity index is 688. The van der Waals surface area contributed by atoms with Crippen LogP contribution in [-0.4, -0.2) is 39.4 Å². The summed E-state index contributed by atoms with van der Waals surface area (Å²) in [5.41, 5.74) is 0.868. The number of aliphatic imine (C=N–C) groups is 1. The van der Waals surface area contributed by atoms with Gasteiger partial charge in [0, 0.05) is 19.2 Å². The first-order valence-electron chi connectivity index (χ1n) is 6.29. The fourth-order valence-corrected chi connectivity index (χ4v) is 3.17. The molecule has 1 aromatic rings. The Morgan fingerprint density at radius 2 is 2.23 bits per heavy atom. The molecular weight excluding hydrogens is 310 g/mol. The van der Waals surface area contributed by atoms with Gasteiger partial charge in [-0.15, -0.1) is 0 Å². The third-order valence-electron chi connectivity index (χ3n) is 3.13. The van der Waals surface area contributed by atoms with Crippen LogP contribution in [0.1, 0.15) is 12.0 Å². The van der Waals surface area contributed by atoms with Gasteiger partial charge in [-0.2, -0.15) is 0 Å². The summed E-state index contributed by atoms with van der Waals surface area (Å²) in [6.07, 6.45) is -0.326. The summed E-state index contributed by atoms with van der Waals surface area (Å²) in [6.45, 7) is 1.72. The smallest absolute Gasteiger partial charge is 0.305 e. The van der Waals surface area contributed by atoms with E-state index in [1.807, 2.05) is 0 Å². The predicted molar refractivity (Wildman–Crippen MR) is 82.3 cm³/mol. The molecule has 1 heterocycles. The molecule has 0 aromatic heterocycles. The molecule has 1 unspecified atom stereocenters. The van der Waals surface area contributed by atoms with Gasteiger partial charge in [0.1, 0.15) is 5.25 Å². The van der Waals surface area contributed by atoms with Crippen molar-refractivity contribution < 1.29 is 19.6 Å². The van der Waals surface area contributed by atoms with Gasteiger partial charge in [0.2, 0.25) is 5.91 Å². The number of rotatable bonds is 4. The number of nitrogens with zero attached hydrogens (tertiary/aromatic N) is 3. The van der Waals surface area contributed by atoms with Crippen LogP contribution in [0.5, 0.6) is 0 Å². The van der Waals surface area contributed by atoms with Crippen LogP contribution in [0, 0.1) is 17.0 Å². The van der Waals surface area contributed by atoms with E-state index in [9.17, 15) is 19.7 Å². The topological polar surface area (TPSA) is 113 Å². The summed E-state index contributed by atoms with van der Waals surface area (Å²) < 4.78 is 0. The van der Waals surface area contributed by atoms with Crippen molar-refractivity contribution >= 4 is 40.2 Å². The highest BCUT2D eigenvalue weighted by Crippen LogP contribution is 2.36. The number of nitro benzene ring substituents is 1. The van der Waals surface area contributed by atoms with Gasteiger partial charge in [-0.1, -0.05) is 17.8 Å². The lowest BCUT2D eigenvalue weighted by Gasteiger charge is -2.18. The molecule has 1 aliphatic rings. The highest BCUT2D eigenvalue weighted by Gasteiger charge is 2.40. The molecule has 8 nitrogen and oxygen atoms in total. The number of aliphatic carboxylic acids is 1. The van der Waals surface area contributed by atoms with Crippen molar-refractivity contribution in [3.8, 4) is 0 Å². The first kappa shape index (κ1) is 16.0. The monoisotopic (exact) mass is 323 g/mol. The van der Waals surface area contributed by atoms with E-state index in [0.717, 1.165) is 11.8 Å². The first-order valence-corrected chi connectivity index (χ1v) is 7.17. The number of non-ortho nitro benzene ring substituents is 1. The number of carboxylic acid groups (broad SMARTS) is 1. The van der Waals surface area contributed by atoms with E-state index in [0.29, 0.717) is 16.4 Å². The van der Waals surface area contributed by atoms with E-state index >= 15 is 0 Å². The Morgan fingerprint density at radius 3 is 2.77 bits per heavy atom. The molecule has 1 N–H and O–H groups in total. The van der Waals surface area contributed by atoms with E-state index in [4.69, 9.17) is 5.11 Å². The van der Waals surface area contributed by atoms with Crippen LogP contribution in [0.15, 0.2) is 23.2 Å². The van der Waals surface area contributed by atoms with Crippen LogP contribution in [0.2, 0.25) is 0 Å².